The highest BCUT2D eigenvalue weighted by molar-refractivity contribution is 7.92. The van der Waals surface area contributed by atoms with Gasteiger partial charge in [-0.2, -0.15) is 4.31 Å². The molecule has 1 aliphatic rings. The van der Waals surface area contributed by atoms with Crippen molar-refractivity contribution in [3.63, 3.8) is 0 Å². The van der Waals surface area contributed by atoms with Gasteiger partial charge in [0.05, 0.1) is 10.6 Å². The molecule has 6 nitrogen and oxygen atoms in total. The summed E-state index contributed by atoms with van der Waals surface area (Å²) in [6, 6.07) is 7.83. The first-order valence-corrected chi connectivity index (χ1v) is 10.7. The molecule has 0 atom stereocenters. The van der Waals surface area contributed by atoms with E-state index in [-0.39, 0.29) is 10.6 Å². The second kappa shape index (κ2) is 6.93. The maximum Gasteiger partial charge on any atom is 0.267 e. The summed E-state index contributed by atoms with van der Waals surface area (Å²) >= 11 is 0. The molecule has 1 saturated heterocycles. The number of hydrogen-bond donors (Lipinski definition) is 1. The number of sulfonamides is 2. The van der Waals surface area contributed by atoms with Gasteiger partial charge in [0.25, 0.3) is 10.0 Å². The second-order valence-electron chi connectivity index (χ2n) is 5.80. The van der Waals surface area contributed by atoms with Crippen molar-refractivity contribution in [1.82, 2.24) is 4.31 Å². The van der Waals surface area contributed by atoms with Crippen LogP contribution in [0.3, 0.4) is 0 Å². The van der Waals surface area contributed by atoms with Crippen LogP contribution in [0.1, 0.15) is 12.8 Å². The van der Waals surface area contributed by atoms with Crippen LogP contribution in [0.25, 0.3) is 0 Å². The van der Waals surface area contributed by atoms with E-state index in [1.807, 2.05) is 4.72 Å². The number of halogens is 2. The molecule has 0 radical (unpaired) electrons. The molecular weight excluding hydrogens is 386 g/mol. The molecule has 140 valence electrons. The third-order valence-electron chi connectivity index (χ3n) is 3.98. The van der Waals surface area contributed by atoms with E-state index < -0.39 is 36.6 Å². The van der Waals surface area contributed by atoms with E-state index in [0.29, 0.717) is 13.1 Å². The highest BCUT2D eigenvalue weighted by Crippen LogP contribution is 2.26. The lowest BCUT2D eigenvalue weighted by atomic mass is 10.3. The van der Waals surface area contributed by atoms with Crippen molar-refractivity contribution in [2.75, 3.05) is 17.8 Å². The Kier molecular flexibility index (Phi) is 5.00. The fourth-order valence-corrected chi connectivity index (χ4v) is 5.50. The molecule has 1 N–H and O–H groups in total. The molecule has 0 aliphatic carbocycles. The van der Waals surface area contributed by atoms with Crippen molar-refractivity contribution in [3.05, 3.63) is 54.1 Å². The monoisotopic (exact) mass is 402 g/mol. The lowest BCUT2D eigenvalue weighted by molar-refractivity contribution is 0.477. The van der Waals surface area contributed by atoms with E-state index in [9.17, 15) is 25.6 Å². The normalized spacial score (nSPS) is 15.9. The Labute approximate surface area is 150 Å². The average molecular weight is 402 g/mol. The van der Waals surface area contributed by atoms with Gasteiger partial charge in [0.1, 0.15) is 11.6 Å². The van der Waals surface area contributed by atoms with Crippen molar-refractivity contribution in [2.45, 2.75) is 22.6 Å². The number of nitrogens with zero attached hydrogens (tertiary/aromatic N) is 1. The Hall–Kier alpha value is -2.04. The fraction of sp³-hybridized carbons (Fsp3) is 0.250. The SMILES string of the molecule is O=S(=O)(Nc1cccc(S(=O)(=O)N2CCCC2)c1)c1c(F)cccc1F. The summed E-state index contributed by atoms with van der Waals surface area (Å²) in [6.07, 6.45) is 1.52. The topological polar surface area (TPSA) is 83.5 Å². The van der Waals surface area contributed by atoms with E-state index in [4.69, 9.17) is 0 Å². The molecule has 0 saturated carbocycles. The molecule has 0 unspecified atom stereocenters. The minimum absolute atomic E-state index is 0.0893. The summed E-state index contributed by atoms with van der Waals surface area (Å²) in [5.74, 6) is -2.48. The van der Waals surface area contributed by atoms with Crippen LogP contribution in [0, 0.1) is 11.6 Å². The maximum absolute atomic E-state index is 13.8. The van der Waals surface area contributed by atoms with Gasteiger partial charge in [-0.05, 0) is 43.2 Å². The van der Waals surface area contributed by atoms with E-state index in [1.165, 1.54) is 22.5 Å². The lowest BCUT2D eigenvalue weighted by Crippen LogP contribution is -2.28. The molecule has 0 amide bonds. The molecule has 0 spiro atoms. The molecule has 2 aromatic rings. The molecule has 1 aliphatic heterocycles. The van der Waals surface area contributed by atoms with E-state index >= 15 is 0 Å². The molecule has 0 bridgehead atoms. The Morgan fingerprint density at radius 1 is 0.885 bits per heavy atom. The van der Waals surface area contributed by atoms with Gasteiger partial charge in [0.15, 0.2) is 4.90 Å². The number of nitrogens with one attached hydrogen (secondary N) is 1. The minimum atomic E-state index is -4.56. The smallest absolute Gasteiger partial charge is 0.267 e. The second-order valence-corrected chi connectivity index (χ2v) is 9.35. The Balaban J connectivity index is 1.94. The zero-order chi connectivity index (χ0) is 18.9. The molecule has 3 rings (SSSR count). The van der Waals surface area contributed by atoms with Gasteiger partial charge in [-0.3, -0.25) is 4.72 Å². The zero-order valence-corrected chi connectivity index (χ0v) is 15.2. The summed E-state index contributed by atoms with van der Waals surface area (Å²) in [6.45, 7) is 0.803. The van der Waals surface area contributed by atoms with Gasteiger partial charge >= 0.3 is 0 Å². The first-order valence-electron chi connectivity index (χ1n) is 7.79. The van der Waals surface area contributed by atoms with Crippen molar-refractivity contribution in [1.29, 1.82) is 0 Å². The largest absolute Gasteiger partial charge is 0.279 e. The summed E-state index contributed by atoms with van der Waals surface area (Å²) in [5, 5.41) is 0. The fourth-order valence-electron chi connectivity index (χ4n) is 2.74. The Bertz CT molecular complexity index is 1010. The molecule has 1 heterocycles. The van der Waals surface area contributed by atoms with Gasteiger partial charge in [0.2, 0.25) is 10.0 Å². The highest BCUT2D eigenvalue weighted by Gasteiger charge is 2.28. The number of rotatable bonds is 5. The molecule has 0 aromatic heterocycles. The van der Waals surface area contributed by atoms with Crippen molar-refractivity contribution in [3.8, 4) is 0 Å². The van der Waals surface area contributed by atoms with Crippen LogP contribution in [0.4, 0.5) is 14.5 Å². The van der Waals surface area contributed by atoms with Crippen LogP contribution >= 0.6 is 0 Å². The third-order valence-corrected chi connectivity index (χ3v) is 7.30. The average Bonchev–Trinajstić information content (AvgIpc) is 3.09. The maximum atomic E-state index is 13.8. The summed E-state index contributed by atoms with van der Waals surface area (Å²) in [5.41, 5.74) is -0.104. The van der Waals surface area contributed by atoms with Gasteiger partial charge in [-0.15, -0.1) is 0 Å². The predicted octanol–water partition coefficient (Wildman–Crippen LogP) is 2.55. The first kappa shape index (κ1) is 18.7. The summed E-state index contributed by atoms with van der Waals surface area (Å²) in [4.78, 5) is -1.21. The van der Waals surface area contributed by atoms with Crippen molar-refractivity contribution >= 4 is 25.7 Å². The van der Waals surface area contributed by atoms with Gasteiger partial charge in [0, 0.05) is 13.1 Å². The Morgan fingerprint density at radius 2 is 1.46 bits per heavy atom. The number of anilines is 1. The predicted molar refractivity (Wildman–Crippen MR) is 91.6 cm³/mol. The summed E-state index contributed by atoms with van der Waals surface area (Å²) < 4.78 is 80.6. The first-order chi connectivity index (χ1) is 12.2. The zero-order valence-electron chi connectivity index (χ0n) is 13.5. The van der Waals surface area contributed by atoms with Crippen LogP contribution in [0.15, 0.2) is 52.3 Å². The van der Waals surface area contributed by atoms with E-state index in [0.717, 1.165) is 37.1 Å². The van der Waals surface area contributed by atoms with Crippen LogP contribution in [0.5, 0.6) is 0 Å². The minimum Gasteiger partial charge on any atom is -0.279 e. The molecule has 26 heavy (non-hydrogen) atoms. The molecule has 1 fully saturated rings. The Morgan fingerprint density at radius 3 is 2.08 bits per heavy atom. The van der Waals surface area contributed by atoms with Gasteiger partial charge < -0.3 is 0 Å². The molecule has 10 heteroatoms. The van der Waals surface area contributed by atoms with Gasteiger partial charge in [-0.25, -0.2) is 25.6 Å². The van der Waals surface area contributed by atoms with Crippen LogP contribution in [0.2, 0.25) is 0 Å². The number of hydrogen-bond acceptors (Lipinski definition) is 4. The highest BCUT2D eigenvalue weighted by atomic mass is 32.2. The van der Waals surface area contributed by atoms with Crippen LogP contribution < -0.4 is 4.72 Å². The van der Waals surface area contributed by atoms with Gasteiger partial charge in [-0.1, -0.05) is 12.1 Å². The van der Waals surface area contributed by atoms with Crippen molar-refractivity contribution in [2.24, 2.45) is 0 Å². The van der Waals surface area contributed by atoms with Crippen molar-refractivity contribution < 1.29 is 25.6 Å². The number of benzene rings is 2. The van der Waals surface area contributed by atoms with E-state index in [2.05, 4.69) is 0 Å². The third kappa shape index (κ3) is 3.57. The van der Waals surface area contributed by atoms with E-state index in [1.54, 1.807) is 0 Å². The van der Waals surface area contributed by atoms with Crippen LogP contribution in [-0.4, -0.2) is 34.2 Å². The molecular formula is C16H16F2N2O4S2. The summed E-state index contributed by atoms with van der Waals surface area (Å²) in [7, 11) is -8.31. The quantitative estimate of drug-likeness (QED) is 0.833. The molecule has 2 aromatic carbocycles. The van der Waals surface area contributed by atoms with Crippen LogP contribution in [-0.2, 0) is 20.0 Å². The standard InChI is InChI=1S/C16H16F2N2O4S2/c17-14-7-4-8-15(18)16(14)25(21,22)19-12-5-3-6-13(11-12)26(23,24)20-9-1-2-10-20/h3-8,11,19H,1-2,9-10H2. The lowest BCUT2D eigenvalue weighted by Gasteiger charge is -2.16.